The number of fused-ring (bicyclic) bond motifs is 1. The molecule has 7 heteroatoms. The van der Waals surface area contributed by atoms with Crippen LogP contribution in [0.3, 0.4) is 0 Å². The minimum Gasteiger partial charge on any atom is -0.373 e. The standard InChI is InChI=1S/C23H35N3O2.2ClH/c1-16-13-26(14-17(2)28-16)15-19-9-7-18(8-10-19)12-24-23(27)22-11-20-5-3-4-6-21(20)25-22;;/h7-10,16-17,20-22,25H,3-6,11-15H2,1-2H3,(H,24,27);2*1H. The molecule has 5 nitrogen and oxygen atoms in total. The molecule has 3 fully saturated rings. The maximum Gasteiger partial charge on any atom is 0.237 e. The van der Waals surface area contributed by atoms with E-state index in [2.05, 4.69) is 53.6 Å². The lowest BCUT2D eigenvalue weighted by molar-refractivity contribution is -0.123. The number of amides is 1. The Morgan fingerprint density at radius 1 is 1.07 bits per heavy atom. The summed E-state index contributed by atoms with van der Waals surface area (Å²) in [6.45, 7) is 7.82. The predicted octanol–water partition coefficient (Wildman–Crippen LogP) is 3.68. The van der Waals surface area contributed by atoms with Crippen molar-refractivity contribution >= 4 is 30.7 Å². The van der Waals surface area contributed by atoms with Gasteiger partial charge in [0.15, 0.2) is 0 Å². The maximum absolute atomic E-state index is 12.6. The highest BCUT2D eigenvalue weighted by molar-refractivity contribution is 5.85. The fourth-order valence-electron chi connectivity index (χ4n) is 5.27. The Balaban J connectivity index is 0.00000160. The lowest BCUT2D eigenvalue weighted by Crippen LogP contribution is -2.44. The van der Waals surface area contributed by atoms with Crippen LogP contribution in [-0.2, 0) is 22.6 Å². The van der Waals surface area contributed by atoms with E-state index in [0.717, 1.165) is 31.6 Å². The topological polar surface area (TPSA) is 53.6 Å². The summed E-state index contributed by atoms with van der Waals surface area (Å²) in [6, 6.07) is 9.23. The van der Waals surface area contributed by atoms with E-state index in [1.807, 2.05) is 0 Å². The highest BCUT2D eigenvalue weighted by atomic mass is 35.5. The van der Waals surface area contributed by atoms with E-state index in [1.54, 1.807) is 0 Å². The Morgan fingerprint density at radius 3 is 2.37 bits per heavy atom. The van der Waals surface area contributed by atoms with Gasteiger partial charge in [0.2, 0.25) is 5.91 Å². The first kappa shape index (κ1) is 25.4. The molecule has 0 bridgehead atoms. The van der Waals surface area contributed by atoms with Crippen molar-refractivity contribution < 1.29 is 9.53 Å². The largest absolute Gasteiger partial charge is 0.373 e. The van der Waals surface area contributed by atoms with Crippen molar-refractivity contribution in [2.75, 3.05) is 13.1 Å². The third-order valence-corrected chi connectivity index (χ3v) is 6.57. The second-order valence-corrected chi connectivity index (χ2v) is 9.09. The van der Waals surface area contributed by atoms with Crippen LogP contribution in [0.4, 0.5) is 0 Å². The predicted molar refractivity (Wildman–Crippen MR) is 125 cm³/mol. The highest BCUT2D eigenvalue weighted by Gasteiger charge is 2.38. The van der Waals surface area contributed by atoms with Crippen LogP contribution < -0.4 is 10.6 Å². The van der Waals surface area contributed by atoms with Gasteiger partial charge in [-0.2, -0.15) is 0 Å². The first-order chi connectivity index (χ1) is 13.6. The zero-order chi connectivity index (χ0) is 19.5. The molecule has 1 aromatic rings. The SMILES string of the molecule is CC1CN(Cc2ccc(CNC(=O)C3CC4CCCCC4N3)cc2)CC(C)O1.Cl.Cl. The van der Waals surface area contributed by atoms with Crippen LogP contribution in [0.5, 0.6) is 0 Å². The number of hydrogen-bond donors (Lipinski definition) is 2. The molecule has 4 rings (SSSR count). The van der Waals surface area contributed by atoms with Crippen LogP contribution >= 0.6 is 24.8 Å². The van der Waals surface area contributed by atoms with E-state index in [0.29, 0.717) is 30.7 Å². The molecule has 2 heterocycles. The first-order valence-electron chi connectivity index (χ1n) is 11.1. The number of carbonyl (C=O) groups is 1. The Bertz CT molecular complexity index is 649. The molecule has 0 aromatic heterocycles. The zero-order valence-corrected chi connectivity index (χ0v) is 19.8. The fourth-order valence-corrected chi connectivity index (χ4v) is 5.27. The summed E-state index contributed by atoms with van der Waals surface area (Å²) >= 11 is 0. The second kappa shape index (κ2) is 11.7. The normalized spacial score (nSPS) is 31.2. The van der Waals surface area contributed by atoms with Crippen LogP contribution in [0.2, 0.25) is 0 Å². The molecule has 1 aromatic carbocycles. The number of nitrogens with zero attached hydrogens (tertiary/aromatic N) is 1. The van der Waals surface area contributed by atoms with Crippen molar-refractivity contribution in [2.45, 2.75) is 83.3 Å². The minimum absolute atomic E-state index is 0. The summed E-state index contributed by atoms with van der Waals surface area (Å²) in [7, 11) is 0. The first-order valence-corrected chi connectivity index (χ1v) is 11.1. The summed E-state index contributed by atoms with van der Waals surface area (Å²) in [6.07, 6.45) is 6.74. The maximum atomic E-state index is 12.6. The smallest absolute Gasteiger partial charge is 0.237 e. The van der Waals surface area contributed by atoms with Gasteiger partial charge < -0.3 is 15.4 Å². The van der Waals surface area contributed by atoms with Gasteiger partial charge in [0, 0.05) is 32.2 Å². The Hall–Kier alpha value is -0.850. The molecule has 30 heavy (non-hydrogen) atoms. The summed E-state index contributed by atoms with van der Waals surface area (Å²) in [5.74, 6) is 0.865. The van der Waals surface area contributed by atoms with Crippen LogP contribution in [0.15, 0.2) is 24.3 Å². The van der Waals surface area contributed by atoms with Gasteiger partial charge in [-0.3, -0.25) is 9.69 Å². The molecule has 0 spiro atoms. The van der Waals surface area contributed by atoms with Gasteiger partial charge in [-0.15, -0.1) is 24.8 Å². The number of hydrogen-bond acceptors (Lipinski definition) is 4. The summed E-state index contributed by atoms with van der Waals surface area (Å²) in [5.41, 5.74) is 2.48. The van der Waals surface area contributed by atoms with Gasteiger partial charge >= 0.3 is 0 Å². The second-order valence-electron chi connectivity index (χ2n) is 9.09. The average Bonchev–Trinajstić information content (AvgIpc) is 3.11. The van der Waals surface area contributed by atoms with Crippen LogP contribution in [0, 0.1) is 5.92 Å². The number of nitrogens with one attached hydrogen (secondary N) is 2. The summed E-state index contributed by atoms with van der Waals surface area (Å²) < 4.78 is 5.81. The van der Waals surface area contributed by atoms with Gasteiger partial charge in [-0.05, 0) is 50.2 Å². The number of morpholine rings is 1. The summed E-state index contributed by atoms with van der Waals surface area (Å²) in [5, 5.41) is 6.70. The lowest BCUT2D eigenvalue weighted by atomic mass is 9.85. The quantitative estimate of drug-likeness (QED) is 0.707. The molecule has 3 aliphatic rings. The van der Waals surface area contributed by atoms with Gasteiger partial charge in [0.1, 0.15) is 0 Å². The van der Waals surface area contributed by atoms with E-state index in [-0.39, 0.29) is 36.8 Å². The lowest BCUT2D eigenvalue weighted by Gasteiger charge is -2.35. The molecule has 1 amide bonds. The van der Waals surface area contributed by atoms with Gasteiger partial charge in [-0.25, -0.2) is 0 Å². The van der Waals surface area contributed by atoms with E-state index in [4.69, 9.17) is 4.74 Å². The molecule has 2 aliphatic heterocycles. The van der Waals surface area contributed by atoms with E-state index < -0.39 is 0 Å². The van der Waals surface area contributed by atoms with Crippen molar-refractivity contribution in [3.05, 3.63) is 35.4 Å². The Labute approximate surface area is 193 Å². The van der Waals surface area contributed by atoms with Crippen LogP contribution in [0.25, 0.3) is 0 Å². The number of carbonyl (C=O) groups excluding carboxylic acids is 1. The molecule has 1 saturated carbocycles. The molecule has 2 saturated heterocycles. The van der Waals surface area contributed by atoms with Gasteiger partial charge in [0.05, 0.1) is 18.2 Å². The highest BCUT2D eigenvalue weighted by Crippen LogP contribution is 2.33. The number of ether oxygens (including phenoxy) is 1. The van der Waals surface area contributed by atoms with Crippen molar-refractivity contribution in [2.24, 2.45) is 5.92 Å². The average molecular weight is 458 g/mol. The fraction of sp³-hybridized carbons (Fsp3) is 0.696. The molecular weight excluding hydrogens is 421 g/mol. The number of rotatable bonds is 5. The molecule has 170 valence electrons. The van der Waals surface area contributed by atoms with Crippen LogP contribution in [-0.4, -0.2) is 48.2 Å². The number of halogens is 2. The van der Waals surface area contributed by atoms with Crippen molar-refractivity contribution in [1.82, 2.24) is 15.5 Å². The van der Waals surface area contributed by atoms with E-state index in [1.165, 1.54) is 31.2 Å². The van der Waals surface area contributed by atoms with Crippen LogP contribution in [0.1, 0.15) is 57.1 Å². The summed E-state index contributed by atoms with van der Waals surface area (Å²) in [4.78, 5) is 15.0. The molecule has 2 N–H and O–H groups in total. The third-order valence-electron chi connectivity index (χ3n) is 6.57. The monoisotopic (exact) mass is 457 g/mol. The van der Waals surface area contributed by atoms with Crippen molar-refractivity contribution in [3.8, 4) is 0 Å². The number of benzene rings is 1. The Morgan fingerprint density at radius 2 is 1.70 bits per heavy atom. The third kappa shape index (κ3) is 6.57. The van der Waals surface area contributed by atoms with Crippen molar-refractivity contribution in [3.63, 3.8) is 0 Å². The van der Waals surface area contributed by atoms with Gasteiger partial charge in [0.25, 0.3) is 0 Å². The molecule has 0 radical (unpaired) electrons. The Kier molecular flexibility index (Phi) is 9.89. The molecular formula is C23H37Cl2N3O2. The van der Waals surface area contributed by atoms with Crippen molar-refractivity contribution in [1.29, 1.82) is 0 Å². The van der Waals surface area contributed by atoms with E-state index >= 15 is 0 Å². The van der Waals surface area contributed by atoms with E-state index in [9.17, 15) is 4.79 Å². The molecule has 5 atom stereocenters. The molecule has 1 aliphatic carbocycles. The minimum atomic E-state index is -0.00215. The zero-order valence-electron chi connectivity index (χ0n) is 18.1. The molecule has 5 unspecified atom stereocenters. The van der Waals surface area contributed by atoms with Gasteiger partial charge in [-0.1, -0.05) is 37.1 Å².